The Bertz CT molecular complexity index is 915. The fraction of sp³-hybridized carbons (Fsp3) is 0.318. The summed E-state index contributed by atoms with van der Waals surface area (Å²) in [6.07, 6.45) is 6.86. The molecule has 1 fully saturated rings. The standard InChI is InChI=1S/C22H23N3O/c1-16-8-9-17(14-24-16)13-18-5-4-12-25(15-18)22(26)21-20-7-3-2-6-19(20)10-11-23-21/h2-3,6-11,14,18H,4-5,12-13,15H2,1H3/t18-/m1/s1. The van der Waals surface area contributed by atoms with E-state index in [1.54, 1.807) is 6.20 Å². The lowest BCUT2D eigenvalue weighted by atomic mass is 9.91. The number of hydrogen-bond donors (Lipinski definition) is 0. The van der Waals surface area contributed by atoms with Crippen LogP contribution in [0.2, 0.25) is 0 Å². The number of hydrogen-bond acceptors (Lipinski definition) is 3. The van der Waals surface area contributed by atoms with E-state index in [-0.39, 0.29) is 5.91 Å². The minimum absolute atomic E-state index is 0.0496. The van der Waals surface area contributed by atoms with Crippen LogP contribution in [0.25, 0.3) is 10.8 Å². The normalized spacial score (nSPS) is 17.4. The number of nitrogens with zero attached hydrogens (tertiary/aromatic N) is 3. The maximum atomic E-state index is 13.1. The molecule has 0 spiro atoms. The van der Waals surface area contributed by atoms with Gasteiger partial charge in [-0.05, 0) is 55.2 Å². The highest BCUT2D eigenvalue weighted by atomic mass is 16.2. The molecule has 1 aliphatic heterocycles. The summed E-state index contributed by atoms with van der Waals surface area (Å²) in [4.78, 5) is 23.9. The van der Waals surface area contributed by atoms with Crippen molar-refractivity contribution in [2.75, 3.05) is 13.1 Å². The van der Waals surface area contributed by atoms with Crippen LogP contribution in [0.4, 0.5) is 0 Å². The van der Waals surface area contributed by atoms with E-state index >= 15 is 0 Å². The van der Waals surface area contributed by atoms with E-state index in [9.17, 15) is 4.79 Å². The molecule has 26 heavy (non-hydrogen) atoms. The molecule has 0 aliphatic carbocycles. The summed E-state index contributed by atoms with van der Waals surface area (Å²) in [6, 6.07) is 14.1. The molecule has 3 heterocycles. The molecule has 0 radical (unpaired) electrons. The molecule has 1 aliphatic rings. The summed E-state index contributed by atoms with van der Waals surface area (Å²) in [5, 5.41) is 2.00. The van der Waals surface area contributed by atoms with Crippen molar-refractivity contribution in [1.29, 1.82) is 0 Å². The molecular weight excluding hydrogens is 322 g/mol. The van der Waals surface area contributed by atoms with Gasteiger partial charge in [-0.25, -0.2) is 0 Å². The molecule has 0 bridgehead atoms. The van der Waals surface area contributed by atoms with Crippen LogP contribution >= 0.6 is 0 Å². The van der Waals surface area contributed by atoms with Gasteiger partial charge >= 0.3 is 0 Å². The van der Waals surface area contributed by atoms with E-state index in [4.69, 9.17) is 0 Å². The lowest BCUT2D eigenvalue weighted by molar-refractivity contribution is 0.0669. The predicted octanol–water partition coefficient (Wildman–Crippen LogP) is 4.03. The number of fused-ring (bicyclic) bond motifs is 1. The summed E-state index contributed by atoms with van der Waals surface area (Å²) in [5.74, 6) is 0.528. The lowest BCUT2D eigenvalue weighted by Gasteiger charge is -2.33. The van der Waals surface area contributed by atoms with Crippen molar-refractivity contribution < 1.29 is 4.79 Å². The van der Waals surface area contributed by atoms with Gasteiger partial charge in [-0.1, -0.05) is 30.3 Å². The van der Waals surface area contributed by atoms with Crippen LogP contribution in [0.3, 0.4) is 0 Å². The third kappa shape index (κ3) is 3.45. The zero-order chi connectivity index (χ0) is 17.9. The van der Waals surface area contributed by atoms with Gasteiger partial charge in [-0.3, -0.25) is 14.8 Å². The molecule has 4 rings (SSSR count). The van der Waals surface area contributed by atoms with Crippen molar-refractivity contribution >= 4 is 16.7 Å². The average molecular weight is 345 g/mol. The van der Waals surface area contributed by atoms with Crippen LogP contribution in [0.15, 0.2) is 54.9 Å². The molecule has 1 amide bonds. The summed E-state index contributed by atoms with van der Waals surface area (Å²) >= 11 is 0. The van der Waals surface area contributed by atoms with E-state index in [0.717, 1.165) is 48.8 Å². The van der Waals surface area contributed by atoms with Crippen molar-refractivity contribution in [3.05, 3.63) is 71.8 Å². The summed E-state index contributed by atoms with van der Waals surface area (Å²) < 4.78 is 0. The Labute approximate surface area is 153 Å². The number of amides is 1. The van der Waals surface area contributed by atoms with Gasteiger partial charge in [0.15, 0.2) is 0 Å². The van der Waals surface area contributed by atoms with E-state index in [0.29, 0.717) is 11.6 Å². The van der Waals surface area contributed by atoms with Gasteiger partial charge in [0.25, 0.3) is 5.91 Å². The zero-order valence-corrected chi connectivity index (χ0v) is 15.1. The van der Waals surface area contributed by atoms with Crippen LogP contribution < -0.4 is 0 Å². The Morgan fingerprint density at radius 1 is 1.15 bits per heavy atom. The third-order valence-corrected chi connectivity index (χ3v) is 5.18. The topological polar surface area (TPSA) is 46.1 Å². The van der Waals surface area contributed by atoms with Gasteiger partial charge in [0, 0.05) is 36.6 Å². The Kier molecular flexibility index (Phi) is 4.65. The zero-order valence-electron chi connectivity index (χ0n) is 15.1. The summed E-state index contributed by atoms with van der Waals surface area (Å²) in [6.45, 7) is 3.60. The summed E-state index contributed by atoms with van der Waals surface area (Å²) in [7, 11) is 0. The molecule has 0 saturated carbocycles. The van der Waals surface area contributed by atoms with E-state index in [1.807, 2.05) is 48.4 Å². The third-order valence-electron chi connectivity index (χ3n) is 5.18. The molecule has 1 saturated heterocycles. The fourth-order valence-corrected chi connectivity index (χ4v) is 3.81. The highest BCUT2D eigenvalue weighted by Gasteiger charge is 2.26. The SMILES string of the molecule is Cc1ccc(C[C@H]2CCCN(C(=O)c3nccc4ccccc34)C2)cn1. The van der Waals surface area contributed by atoms with E-state index < -0.39 is 0 Å². The number of piperidine rings is 1. The minimum Gasteiger partial charge on any atom is -0.337 e. The average Bonchev–Trinajstić information content (AvgIpc) is 2.69. The molecule has 0 N–H and O–H groups in total. The monoisotopic (exact) mass is 345 g/mol. The van der Waals surface area contributed by atoms with Crippen molar-refractivity contribution in [2.45, 2.75) is 26.2 Å². The van der Waals surface area contributed by atoms with Crippen LogP contribution in [0.1, 0.15) is 34.6 Å². The van der Waals surface area contributed by atoms with Gasteiger partial charge in [-0.15, -0.1) is 0 Å². The van der Waals surface area contributed by atoms with Crippen molar-refractivity contribution in [3.8, 4) is 0 Å². The molecule has 1 atom stereocenters. The second-order valence-electron chi connectivity index (χ2n) is 7.15. The van der Waals surface area contributed by atoms with Crippen LogP contribution in [-0.2, 0) is 6.42 Å². The molecule has 0 unspecified atom stereocenters. The largest absolute Gasteiger partial charge is 0.337 e. The second kappa shape index (κ2) is 7.24. The number of pyridine rings is 2. The number of carbonyl (C=O) groups is 1. The first-order chi connectivity index (χ1) is 12.7. The minimum atomic E-state index is 0.0496. The maximum absolute atomic E-state index is 13.1. The van der Waals surface area contributed by atoms with Gasteiger partial charge < -0.3 is 4.90 Å². The lowest BCUT2D eigenvalue weighted by Crippen LogP contribution is -2.41. The Morgan fingerprint density at radius 3 is 2.88 bits per heavy atom. The van der Waals surface area contributed by atoms with Crippen molar-refractivity contribution in [3.63, 3.8) is 0 Å². The number of carbonyl (C=O) groups excluding carboxylic acids is 1. The Balaban J connectivity index is 1.51. The molecule has 2 aromatic heterocycles. The maximum Gasteiger partial charge on any atom is 0.273 e. The first-order valence-corrected chi connectivity index (χ1v) is 9.25. The molecule has 4 heteroatoms. The number of aromatic nitrogens is 2. The number of benzene rings is 1. The molecule has 1 aromatic carbocycles. The Morgan fingerprint density at radius 2 is 2.04 bits per heavy atom. The Hall–Kier alpha value is -2.75. The number of likely N-dealkylation sites (tertiary alicyclic amines) is 1. The van der Waals surface area contributed by atoms with Crippen LogP contribution in [-0.4, -0.2) is 33.9 Å². The fourth-order valence-electron chi connectivity index (χ4n) is 3.81. The number of rotatable bonds is 3. The quantitative estimate of drug-likeness (QED) is 0.720. The molecule has 4 nitrogen and oxygen atoms in total. The predicted molar refractivity (Wildman–Crippen MR) is 103 cm³/mol. The summed E-state index contributed by atoms with van der Waals surface area (Å²) in [5.41, 5.74) is 2.86. The van der Waals surface area contributed by atoms with Crippen LogP contribution in [0.5, 0.6) is 0 Å². The van der Waals surface area contributed by atoms with E-state index in [2.05, 4.69) is 22.1 Å². The molecular formula is C22H23N3O. The second-order valence-corrected chi connectivity index (χ2v) is 7.15. The van der Waals surface area contributed by atoms with Gasteiger partial charge in [-0.2, -0.15) is 0 Å². The van der Waals surface area contributed by atoms with E-state index in [1.165, 1.54) is 5.56 Å². The first kappa shape index (κ1) is 16.7. The van der Waals surface area contributed by atoms with Crippen LogP contribution in [0, 0.1) is 12.8 Å². The highest BCUT2D eigenvalue weighted by molar-refractivity contribution is 6.05. The molecule has 132 valence electrons. The first-order valence-electron chi connectivity index (χ1n) is 9.25. The number of aryl methyl sites for hydroxylation is 1. The van der Waals surface area contributed by atoms with Crippen molar-refractivity contribution in [1.82, 2.24) is 14.9 Å². The van der Waals surface area contributed by atoms with Gasteiger partial charge in [0.2, 0.25) is 0 Å². The van der Waals surface area contributed by atoms with Gasteiger partial charge in [0.1, 0.15) is 5.69 Å². The smallest absolute Gasteiger partial charge is 0.273 e. The highest BCUT2D eigenvalue weighted by Crippen LogP contribution is 2.24. The van der Waals surface area contributed by atoms with Crippen molar-refractivity contribution in [2.24, 2.45) is 5.92 Å². The van der Waals surface area contributed by atoms with Gasteiger partial charge in [0.05, 0.1) is 0 Å². The molecule has 3 aromatic rings.